The second-order valence-corrected chi connectivity index (χ2v) is 7.95. The normalized spacial score (nSPS) is 18.8. The van der Waals surface area contributed by atoms with Crippen LogP contribution in [-0.4, -0.2) is 37.8 Å². The zero-order chi connectivity index (χ0) is 15.8. The van der Waals surface area contributed by atoms with Crippen molar-refractivity contribution in [3.8, 4) is 0 Å². The first-order valence-corrected chi connectivity index (χ1v) is 8.78. The summed E-state index contributed by atoms with van der Waals surface area (Å²) in [4.78, 5) is 11.4. The van der Waals surface area contributed by atoms with Gasteiger partial charge >= 0.3 is 0 Å². The van der Waals surface area contributed by atoms with Crippen LogP contribution in [0, 0.1) is 6.92 Å². The number of carbonyl (C=O) groups is 1. The number of hydrogen-bond acceptors (Lipinski definition) is 4. The van der Waals surface area contributed by atoms with E-state index in [0.29, 0.717) is 35.2 Å². The number of nitrogens with zero attached hydrogens (tertiary/aromatic N) is 1. The molecule has 2 rings (SSSR count). The van der Waals surface area contributed by atoms with E-state index in [1.165, 1.54) is 17.3 Å². The Morgan fingerprint density at radius 3 is 2.59 bits per heavy atom. The predicted octanol–water partition coefficient (Wildman–Crippen LogP) is 1.86. The maximum atomic E-state index is 12.6. The van der Waals surface area contributed by atoms with Gasteiger partial charge in [-0.15, -0.1) is 12.4 Å². The molecule has 0 saturated carbocycles. The Morgan fingerprint density at radius 2 is 2.09 bits per heavy atom. The van der Waals surface area contributed by atoms with Gasteiger partial charge in [0.05, 0.1) is 10.6 Å². The van der Waals surface area contributed by atoms with E-state index in [1.54, 1.807) is 13.0 Å². The van der Waals surface area contributed by atoms with Crippen molar-refractivity contribution in [3.63, 3.8) is 0 Å². The van der Waals surface area contributed by atoms with Crippen molar-refractivity contribution in [3.05, 3.63) is 22.2 Å². The zero-order valence-corrected chi connectivity index (χ0v) is 15.5. The number of rotatable bonds is 3. The lowest BCUT2D eigenvalue weighted by Gasteiger charge is -2.19. The van der Waals surface area contributed by atoms with E-state index in [4.69, 9.17) is 5.73 Å². The molecule has 1 aromatic carbocycles. The van der Waals surface area contributed by atoms with Crippen molar-refractivity contribution in [2.45, 2.75) is 31.2 Å². The molecular formula is C13H19BrClN3O3S. The summed E-state index contributed by atoms with van der Waals surface area (Å²) in [6.45, 7) is 3.89. The van der Waals surface area contributed by atoms with Crippen LogP contribution in [0.4, 0.5) is 5.69 Å². The highest BCUT2D eigenvalue weighted by Gasteiger charge is 2.32. The summed E-state index contributed by atoms with van der Waals surface area (Å²) in [5.74, 6) is -0.212. The Hall–Kier alpha value is -0.670. The first-order chi connectivity index (χ1) is 9.71. The quantitative estimate of drug-likeness (QED) is 0.792. The Bertz CT molecular complexity index is 681. The maximum absolute atomic E-state index is 12.6. The first-order valence-electron chi connectivity index (χ1n) is 6.55. The third-order valence-corrected chi connectivity index (χ3v) is 6.04. The van der Waals surface area contributed by atoms with Crippen LogP contribution in [0.2, 0.25) is 0 Å². The SMILES string of the molecule is CC(=O)Nc1cc(C)c(S(=O)(=O)N2CC[C@@H](N)C2)cc1Br.Cl. The lowest BCUT2D eigenvalue weighted by atomic mass is 10.2. The molecule has 1 amide bonds. The van der Waals surface area contributed by atoms with Crippen LogP contribution in [0.15, 0.2) is 21.5 Å². The van der Waals surface area contributed by atoms with Gasteiger partial charge in [0.2, 0.25) is 15.9 Å². The van der Waals surface area contributed by atoms with E-state index >= 15 is 0 Å². The second-order valence-electron chi connectivity index (χ2n) is 5.19. The van der Waals surface area contributed by atoms with Gasteiger partial charge in [-0.2, -0.15) is 4.31 Å². The van der Waals surface area contributed by atoms with E-state index < -0.39 is 10.0 Å². The standard InChI is InChI=1S/C13H18BrN3O3S.ClH/c1-8-5-12(16-9(2)18)11(14)6-13(8)21(19,20)17-4-3-10(15)7-17;/h5-6,10H,3-4,7,15H2,1-2H3,(H,16,18);1H/t10-;/m1./s1. The van der Waals surface area contributed by atoms with Gasteiger partial charge in [-0.1, -0.05) is 0 Å². The van der Waals surface area contributed by atoms with Crippen LogP contribution in [-0.2, 0) is 14.8 Å². The molecule has 0 aliphatic carbocycles. The van der Waals surface area contributed by atoms with Crippen LogP contribution in [0.25, 0.3) is 0 Å². The number of aryl methyl sites for hydroxylation is 1. The molecule has 124 valence electrons. The Morgan fingerprint density at radius 1 is 1.45 bits per heavy atom. The molecule has 22 heavy (non-hydrogen) atoms. The summed E-state index contributed by atoms with van der Waals surface area (Å²) >= 11 is 3.30. The lowest BCUT2D eigenvalue weighted by Crippen LogP contribution is -2.32. The van der Waals surface area contributed by atoms with E-state index in [0.717, 1.165) is 0 Å². The third-order valence-electron chi connectivity index (χ3n) is 3.38. The molecule has 3 N–H and O–H groups in total. The van der Waals surface area contributed by atoms with Crippen LogP contribution >= 0.6 is 28.3 Å². The molecule has 1 fully saturated rings. The largest absolute Gasteiger partial charge is 0.326 e. The van der Waals surface area contributed by atoms with E-state index in [2.05, 4.69) is 21.2 Å². The zero-order valence-electron chi connectivity index (χ0n) is 12.3. The molecular weight excluding hydrogens is 394 g/mol. The van der Waals surface area contributed by atoms with E-state index in [9.17, 15) is 13.2 Å². The van der Waals surface area contributed by atoms with Gasteiger partial charge in [0.25, 0.3) is 0 Å². The molecule has 0 radical (unpaired) electrons. The van der Waals surface area contributed by atoms with Gasteiger partial charge in [-0.3, -0.25) is 4.79 Å². The Balaban J connectivity index is 0.00000242. The number of benzene rings is 1. The summed E-state index contributed by atoms with van der Waals surface area (Å²) in [6.07, 6.45) is 0.670. The number of nitrogens with two attached hydrogens (primary N) is 1. The molecule has 0 spiro atoms. The molecule has 0 unspecified atom stereocenters. The molecule has 1 aliphatic heterocycles. The predicted molar refractivity (Wildman–Crippen MR) is 91.8 cm³/mol. The van der Waals surface area contributed by atoms with Crippen LogP contribution < -0.4 is 11.1 Å². The fourth-order valence-electron chi connectivity index (χ4n) is 2.34. The number of halogens is 2. The second kappa shape index (κ2) is 7.27. The summed E-state index contributed by atoms with van der Waals surface area (Å²) in [6, 6.07) is 3.07. The average Bonchev–Trinajstić information content (AvgIpc) is 2.80. The minimum absolute atomic E-state index is 0. The number of nitrogens with one attached hydrogen (secondary N) is 1. The highest BCUT2D eigenvalue weighted by molar-refractivity contribution is 9.10. The van der Waals surface area contributed by atoms with Crippen molar-refractivity contribution >= 4 is 50.0 Å². The van der Waals surface area contributed by atoms with Crippen molar-refractivity contribution < 1.29 is 13.2 Å². The van der Waals surface area contributed by atoms with Crippen LogP contribution in [0.1, 0.15) is 18.9 Å². The molecule has 1 aliphatic rings. The highest BCUT2D eigenvalue weighted by Crippen LogP contribution is 2.31. The minimum atomic E-state index is -3.56. The number of sulfonamides is 1. The fraction of sp³-hybridized carbons (Fsp3) is 0.462. The highest BCUT2D eigenvalue weighted by atomic mass is 79.9. The van der Waals surface area contributed by atoms with Gasteiger partial charge in [-0.05, 0) is 47.0 Å². The van der Waals surface area contributed by atoms with Crippen molar-refractivity contribution in [2.75, 3.05) is 18.4 Å². The molecule has 1 heterocycles. The van der Waals surface area contributed by atoms with Crippen molar-refractivity contribution in [1.29, 1.82) is 0 Å². The average molecular weight is 413 g/mol. The van der Waals surface area contributed by atoms with Crippen molar-refractivity contribution in [2.24, 2.45) is 5.73 Å². The lowest BCUT2D eigenvalue weighted by molar-refractivity contribution is -0.114. The van der Waals surface area contributed by atoms with Gasteiger partial charge < -0.3 is 11.1 Å². The number of amides is 1. The molecule has 6 nitrogen and oxygen atoms in total. The molecule has 0 bridgehead atoms. The summed E-state index contributed by atoms with van der Waals surface area (Å²) in [5.41, 5.74) is 6.92. The summed E-state index contributed by atoms with van der Waals surface area (Å²) < 4.78 is 27.2. The smallest absolute Gasteiger partial charge is 0.243 e. The van der Waals surface area contributed by atoms with E-state index in [1.807, 2.05) is 0 Å². The fourth-order valence-corrected chi connectivity index (χ4v) is 4.68. The van der Waals surface area contributed by atoms with E-state index in [-0.39, 0.29) is 29.3 Å². The summed E-state index contributed by atoms with van der Waals surface area (Å²) in [7, 11) is -3.56. The van der Waals surface area contributed by atoms with Crippen molar-refractivity contribution in [1.82, 2.24) is 4.31 Å². The monoisotopic (exact) mass is 411 g/mol. The number of hydrogen-bond donors (Lipinski definition) is 2. The maximum Gasteiger partial charge on any atom is 0.243 e. The minimum Gasteiger partial charge on any atom is -0.326 e. The molecule has 9 heteroatoms. The Kier molecular flexibility index (Phi) is 6.40. The number of carbonyl (C=O) groups excluding carboxylic acids is 1. The summed E-state index contributed by atoms with van der Waals surface area (Å²) in [5, 5.41) is 2.65. The molecule has 0 aromatic heterocycles. The third kappa shape index (κ3) is 3.99. The molecule has 1 saturated heterocycles. The topological polar surface area (TPSA) is 92.5 Å². The van der Waals surface area contributed by atoms with Gasteiger partial charge in [-0.25, -0.2) is 8.42 Å². The number of anilines is 1. The first kappa shape index (κ1) is 19.4. The molecule has 1 aromatic rings. The van der Waals surface area contributed by atoms with Gasteiger partial charge in [0.1, 0.15) is 0 Å². The van der Waals surface area contributed by atoms with Gasteiger partial charge in [0.15, 0.2) is 0 Å². The van der Waals surface area contributed by atoms with Crippen LogP contribution in [0.3, 0.4) is 0 Å². The molecule has 1 atom stereocenters. The van der Waals surface area contributed by atoms with Crippen LogP contribution in [0.5, 0.6) is 0 Å². The van der Waals surface area contributed by atoms with Gasteiger partial charge in [0, 0.05) is 30.5 Å². The Labute approximate surface area is 145 Å².